The Morgan fingerprint density at radius 2 is 1.91 bits per heavy atom. The van der Waals surface area contributed by atoms with Crippen LogP contribution in [-0.2, 0) is 23.1 Å². The molecule has 1 aliphatic rings. The summed E-state index contributed by atoms with van der Waals surface area (Å²) in [5.41, 5.74) is 0.889. The van der Waals surface area contributed by atoms with Crippen LogP contribution in [0.4, 0.5) is 31.4 Å². The number of anilines is 3. The summed E-state index contributed by atoms with van der Waals surface area (Å²) in [6, 6.07) is 0.129. The first kappa shape index (κ1) is 33.7. The summed E-state index contributed by atoms with van der Waals surface area (Å²) >= 11 is 0. The first-order chi connectivity index (χ1) is 21.1. The molecule has 45 heavy (non-hydrogen) atoms. The minimum absolute atomic E-state index is 0.00951. The zero-order chi connectivity index (χ0) is 32.9. The van der Waals surface area contributed by atoms with Gasteiger partial charge in [0.15, 0.2) is 17.0 Å². The number of methoxy groups -OCH3 is 1. The predicted molar refractivity (Wildman–Crippen MR) is 171 cm³/mol. The molecule has 3 aromatic heterocycles. The van der Waals surface area contributed by atoms with Crippen LogP contribution in [0.15, 0.2) is 12.5 Å². The van der Waals surface area contributed by atoms with Gasteiger partial charge in [0.1, 0.15) is 17.5 Å². The van der Waals surface area contributed by atoms with Crippen molar-refractivity contribution >= 4 is 48.9 Å². The molecule has 3 aromatic rings. The number of aromatic nitrogens is 6. The highest BCUT2D eigenvalue weighted by Gasteiger charge is 2.37. The van der Waals surface area contributed by atoms with Crippen LogP contribution >= 0.6 is 0 Å². The Morgan fingerprint density at radius 3 is 2.60 bits per heavy atom. The molecule has 1 fully saturated rings. The van der Waals surface area contributed by atoms with Gasteiger partial charge in [-0.1, -0.05) is 19.6 Å². The SMILES string of the molecule is COc1nn(CCCNC(=O)OCC[Si](C)(C)C)cc1Nc1nc(N2C[C@@H](F)[C@H](NC(=O)OC(C)(C)C)C2)nc2c1ncn2C. The first-order valence-electron chi connectivity index (χ1n) is 15.0. The van der Waals surface area contributed by atoms with E-state index in [-0.39, 0.29) is 19.0 Å². The van der Waals surface area contributed by atoms with Crippen molar-refractivity contribution in [2.75, 3.05) is 43.6 Å². The van der Waals surface area contributed by atoms with Gasteiger partial charge in [-0.25, -0.2) is 19.0 Å². The van der Waals surface area contributed by atoms with Crippen molar-refractivity contribution in [3.05, 3.63) is 12.5 Å². The minimum atomic E-state index is -1.35. The fourth-order valence-corrected chi connectivity index (χ4v) is 5.28. The quantitative estimate of drug-likeness (QED) is 0.193. The second-order valence-electron chi connectivity index (χ2n) is 13.2. The zero-order valence-electron chi connectivity index (χ0n) is 27.3. The average Bonchev–Trinajstić information content (AvgIpc) is 3.61. The van der Waals surface area contributed by atoms with Crippen molar-refractivity contribution in [2.45, 2.75) is 77.2 Å². The maximum Gasteiger partial charge on any atom is 0.408 e. The van der Waals surface area contributed by atoms with E-state index in [2.05, 4.69) is 55.6 Å². The number of nitrogens with one attached hydrogen (secondary N) is 3. The molecule has 4 heterocycles. The van der Waals surface area contributed by atoms with Crippen molar-refractivity contribution in [2.24, 2.45) is 7.05 Å². The van der Waals surface area contributed by atoms with E-state index in [0.29, 0.717) is 54.7 Å². The molecule has 1 aliphatic heterocycles. The third-order valence-corrected chi connectivity index (χ3v) is 8.58. The van der Waals surface area contributed by atoms with E-state index in [1.807, 2.05) is 0 Å². The topological polar surface area (TPSA) is 163 Å². The standard InChI is InChI=1S/C28H45FN10O5Si/c1-28(2,3)44-27(41)33-19-15-38(14-18(19)29)25-34-22(21-23(35-25)37(4)17-31-21)32-20-16-39(36-24(20)42-5)11-9-10-30-26(40)43-12-13-45(6,7)8/h16-19H,9-15H2,1-8H3,(H,30,40)(H,33,41)(H,32,34,35)/t18-,19-/m1/s1. The summed E-state index contributed by atoms with van der Waals surface area (Å²) in [7, 11) is 2.05. The van der Waals surface area contributed by atoms with Gasteiger partial charge >= 0.3 is 12.2 Å². The number of carbonyl (C=O) groups is 2. The molecule has 2 atom stereocenters. The van der Waals surface area contributed by atoms with Gasteiger partial charge < -0.3 is 39.6 Å². The van der Waals surface area contributed by atoms with Crippen molar-refractivity contribution in [3.63, 3.8) is 0 Å². The van der Waals surface area contributed by atoms with E-state index < -0.39 is 38.1 Å². The lowest BCUT2D eigenvalue weighted by Gasteiger charge is -2.22. The molecule has 4 rings (SSSR count). The molecule has 0 aliphatic carbocycles. The van der Waals surface area contributed by atoms with E-state index >= 15 is 4.39 Å². The Bertz CT molecular complexity index is 1480. The zero-order valence-corrected chi connectivity index (χ0v) is 28.3. The summed E-state index contributed by atoms with van der Waals surface area (Å²) < 4.78 is 34.5. The minimum Gasteiger partial charge on any atom is -0.478 e. The van der Waals surface area contributed by atoms with Gasteiger partial charge in [0.05, 0.1) is 38.8 Å². The number of halogens is 1. The number of ether oxygens (including phenoxy) is 3. The number of carbonyl (C=O) groups excluding carboxylic acids is 2. The average molecular weight is 649 g/mol. The predicted octanol–water partition coefficient (Wildman–Crippen LogP) is 3.82. The van der Waals surface area contributed by atoms with E-state index in [4.69, 9.17) is 14.2 Å². The number of fused-ring (bicyclic) bond motifs is 1. The van der Waals surface area contributed by atoms with Crippen LogP contribution < -0.4 is 25.6 Å². The normalized spacial score (nSPS) is 17.0. The summed E-state index contributed by atoms with van der Waals surface area (Å²) in [6.07, 6.45) is 1.56. The van der Waals surface area contributed by atoms with E-state index in [1.54, 1.807) is 54.5 Å². The number of hydrogen-bond acceptors (Lipinski definition) is 11. The number of alkyl halides is 1. The first-order valence-corrected chi connectivity index (χ1v) is 18.7. The fourth-order valence-electron chi connectivity index (χ4n) is 4.56. The number of nitrogens with zero attached hydrogens (tertiary/aromatic N) is 7. The molecule has 2 amide bonds. The number of aryl methyl sites for hydroxylation is 2. The fraction of sp³-hybridized carbons (Fsp3) is 0.643. The summed E-state index contributed by atoms with van der Waals surface area (Å²) in [5.74, 6) is 0.999. The van der Waals surface area contributed by atoms with Crippen LogP contribution in [0, 0.1) is 0 Å². The van der Waals surface area contributed by atoms with Gasteiger partial charge in [-0.15, -0.1) is 5.10 Å². The molecule has 0 saturated carbocycles. The molecule has 0 spiro atoms. The molecule has 17 heteroatoms. The Morgan fingerprint density at radius 1 is 1.16 bits per heavy atom. The third kappa shape index (κ3) is 9.42. The second-order valence-corrected chi connectivity index (χ2v) is 18.9. The van der Waals surface area contributed by atoms with Crippen molar-refractivity contribution in [1.29, 1.82) is 0 Å². The molecule has 0 unspecified atom stereocenters. The van der Waals surface area contributed by atoms with Crippen LogP contribution in [0.1, 0.15) is 27.2 Å². The molecule has 1 saturated heterocycles. The van der Waals surface area contributed by atoms with Crippen LogP contribution in [0.3, 0.4) is 0 Å². The van der Waals surface area contributed by atoms with E-state index in [9.17, 15) is 9.59 Å². The molecule has 0 aromatic carbocycles. The molecule has 3 N–H and O–H groups in total. The third-order valence-electron chi connectivity index (χ3n) is 6.87. The van der Waals surface area contributed by atoms with Crippen molar-refractivity contribution in [3.8, 4) is 5.88 Å². The number of hydrogen-bond donors (Lipinski definition) is 3. The highest BCUT2D eigenvalue weighted by atomic mass is 28.3. The highest BCUT2D eigenvalue weighted by molar-refractivity contribution is 6.76. The largest absolute Gasteiger partial charge is 0.478 e. The van der Waals surface area contributed by atoms with Crippen LogP contribution in [0.2, 0.25) is 25.7 Å². The number of rotatable bonds is 12. The van der Waals surface area contributed by atoms with Gasteiger partial charge in [0, 0.05) is 34.8 Å². The van der Waals surface area contributed by atoms with Gasteiger partial charge in [-0.05, 0) is 33.2 Å². The highest BCUT2D eigenvalue weighted by Crippen LogP contribution is 2.31. The van der Waals surface area contributed by atoms with Crippen LogP contribution in [0.5, 0.6) is 5.88 Å². The van der Waals surface area contributed by atoms with Gasteiger partial charge in [-0.3, -0.25) is 4.68 Å². The Balaban J connectivity index is 1.42. The smallest absolute Gasteiger partial charge is 0.408 e. The second kappa shape index (κ2) is 13.9. The van der Waals surface area contributed by atoms with Crippen molar-refractivity contribution < 1.29 is 28.2 Å². The lowest BCUT2D eigenvalue weighted by molar-refractivity contribution is 0.0490. The van der Waals surface area contributed by atoms with E-state index in [1.165, 1.54) is 7.11 Å². The number of alkyl carbamates (subject to hydrolysis) is 2. The van der Waals surface area contributed by atoms with Crippen LogP contribution in [0.25, 0.3) is 11.2 Å². The molecule has 248 valence electrons. The summed E-state index contributed by atoms with van der Waals surface area (Å²) in [6.45, 7) is 13.5. The monoisotopic (exact) mass is 648 g/mol. The number of amides is 2. The summed E-state index contributed by atoms with van der Waals surface area (Å²) in [5, 5.41) is 13.1. The summed E-state index contributed by atoms with van der Waals surface area (Å²) in [4.78, 5) is 39.7. The maximum atomic E-state index is 15.0. The Hall–Kier alpha value is -4.15. The maximum absolute atomic E-state index is 15.0. The Labute approximate surface area is 263 Å². The van der Waals surface area contributed by atoms with E-state index in [0.717, 1.165) is 6.04 Å². The molecule has 0 radical (unpaired) electrons. The van der Waals surface area contributed by atoms with Gasteiger partial charge in [0.25, 0.3) is 5.88 Å². The molecule has 15 nitrogen and oxygen atoms in total. The van der Waals surface area contributed by atoms with Gasteiger partial charge in [-0.2, -0.15) is 9.97 Å². The van der Waals surface area contributed by atoms with Crippen molar-refractivity contribution in [1.82, 2.24) is 39.9 Å². The molecular weight excluding hydrogens is 603 g/mol. The number of imidazole rings is 1. The Kier molecular flexibility index (Phi) is 10.4. The molecular formula is C28H45FN10O5Si. The van der Waals surface area contributed by atoms with Gasteiger partial charge in [0.2, 0.25) is 5.95 Å². The lowest BCUT2D eigenvalue weighted by Crippen LogP contribution is -2.44. The lowest BCUT2D eigenvalue weighted by atomic mass is 10.2. The molecule has 0 bridgehead atoms. The van der Waals surface area contributed by atoms with Crippen LogP contribution in [-0.4, -0.2) is 101 Å².